The van der Waals surface area contributed by atoms with Crippen LogP contribution in [0, 0.1) is 18.6 Å². The number of nitrogens with one attached hydrogen (secondary N) is 1. The van der Waals surface area contributed by atoms with Crippen molar-refractivity contribution in [3.8, 4) is 16.9 Å². The first kappa shape index (κ1) is 26.0. The Morgan fingerprint density at radius 3 is 2.30 bits per heavy atom. The first-order chi connectivity index (χ1) is 17.8. The molecule has 8 heteroatoms. The van der Waals surface area contributed by atoms with Crippen LogP contribution in [0.25, 0.3) is 11.1 Å². The van der Waals surface area contributed by atoms with E-state index >= 15 is 0 Å². The lowest BCUT2D eigenvalue weighted by Crippen LogP contribution is -2.45. The molecule has 4 rings (SSSR count). The number of ether oxygens (including phenoxy) is 1. The van der Waals surface area contributed by atoms with Crippen molar-refractivity contribution in [3.63, 3.8) is 0 Å². The third-order valence-corrected chi connectivity index (χ3v) is 6.43. The van der Waals surface area contributed by atoms with Crippen LogP contribution in [0.2, 0.25) is 0 Å². The van der Waals surface area contributed by atoms with Gasteiger partial charge in [-0.15, -0.1) is 0 Å². The summed E-state index contributed by atoms with van der Waals surface area (Å²) in [5.41, 5.74) is 0.834. The first-order valence-electron chi connectivity index (χ1n) is 12.0. The summed E-state index contributed by atoms with van der Waals surface area (Å²) in [6.45, 7) is 3.91. The number of hydrogen-bond acceptors (Lipinski definition) is 4. The zero-order chi connectivity index (χ0) is 26.5. The third-order valence-electron chi connectivity index (χ3n) is 6.43. The van der Waals surface area contributed by atoms with Crippen molar-refractivity contribution in [2.24, 2.45) is 0 Å². The quantitative estimate of drug-likeness (QED) is 0.359. The van der Waals surface area contributed by atoms with E-state index in [2.05, 4.69) is 5.32 Å². The van der Waals surface area contributed by atoms with Crippen LogP contribution in [-0.2, 0) is 13.1 Å². The molecule has 1 atom stereocenters. The van der Waals surface area contributed by atoms with Crippen molar-refractivity contribution >= 4 is 0 Å². The van der Waals surface area contributed by atoms with Gasteiger partial charge in [-0.1, -0.05) is 48.5 Å². The van der Waals surface area contributed by atoms with Gasteiger partial charge in [0, 0.05) is 24.3 Å². The molecule has 37 heavy (non-hydrogen) atoms. The van der Waals surface area contributed by atoms with Crippen LogP contribution in [0.3, 0.4) is 0 Å². The Hall–Kier alpha value is -4.04. The zero-order valence-electron chi connectivity index (χ0n) is 21.0. The number of aromatic nitrogens is 2. The van der Waals surface area contributed by atoms with Crippen LogP contribution in [0.5, 0.6) is 5.75 Å². The Bertz CT molecular complexity index is 1490. The Morgan fingerprint density at radius 2 is 1.62 bits per heavy atom. The Kier molecular flexibility index (Phi) is 7.98. The normalized spacial score (nSPS) is 11.9. The summed E-state index contributed by atoms with van der Waals surface area (Å²) in [7, 11) is 1.52. The van der Waals surface area contributed by atoms with E-state index in [1.807, 2.05) is 30.3 Å². The van der Waals surface area contributed by atoms with E-state index in [1.54, 1.807) is 38.1 Å². The van der Waals surface area contributed by atoms with Gasteiger partial charge in [-0.05, 0) is 49.2 Å². The molecule has 4 aromatic rings. The van der Waals surface area contributed by atoms with Gasteiger partial charge >= 0.3 is 5.69 Å². The van der Waals surface area contributed by atoms with Crippen molar-refractivity contribution in [1.29, 1.82) is 0 Å². The number of rotatable bonds is 9. The highest BCUT2D eigenvalue weighted by atomic mass is 19.1. The standard InChI is InChI=1S/C29H29F2N3O3/c1-19(16-32-17-21-9-5-4-6-10-21)34-28(35)27(22-11-7-12-23(15-22)37-3)20(2)33(29(34)36)18-24-25(30)13-8-14-26(24)31/h4-15,19,32H,16-18H2,1-3H3/t19-/m1/s1. The second-order valence-corrected chi connectivity index (χ2v) is 8.90. The third kappa shape index (κ3) is 5.54. The van der Waals surface area contributed by atoms with Crippen molar-refractivity contribution in [2.75, 3.05) is 13.7 Å². The monoisotopic (exact) mass is 505 g/mol. The molecule has 0 aliphatic rings. The zero-order valence-corrected chi connectivity index (χ0v) is 21.0. The molecular weight excluding hydrogens is 476 g/mol. The summed E-state index contributed by atoms with van der Waals surface area (Å²) in [5, 5.41) is 3.29. The SMILES string of the molecule is COc1cccc(-c2c(C)n(Cc3c(F)cccc3F)c(=O)n([C@H](C)CNCc3ccccc3)c2=O)c1. The summed E-state index contributed by atoms with van der Waals surface area (Å²) in [6, 6.07) is 19.7. The van der Waals surface area contributed by atoms with Gasteiger partial charge in [-0.25, -0.2) is 13.6 Å². The summed E-state index contributed by atoms with van der Waals surface area (Å²) < 4.78 is 36.8. The van der Waals surface area contributed by atoms with Gasteiger partial charge in [0.25, 0.3) is 5.56 Å². The van der Waals surface area contributed by atoms with Gasteiger partial charge in [0.2, 0.25) is 0 Å². The van der Waals surface area contributed by atoms with Crippen LogP contribution < -0.4 is 21.3 Å². The Labute approximate surface area is 213 Å². The number of hydrogen-bond donors (Lipinski definition) is 1. The molecule has 0 bridgehead atoms. The number of halogens is 2. The highest BCUT2D eigenvalue weighted by Crippen LogP contribution is 2.24. The van der Waals surface area contributed by atoms with E-state index in [9.17, 15) is 18.4 Å². The van der Waals surface area contributed by atoms with Crippen LogP contribution >= 0.6 is 0 Å². The molecule has 0 spiro atoms. The summed E-state index contributed by atoms with van der Waals surface area (Å²) in [5.74, 6) is -0.979. The maximum Gasteiger partial charge on any atom is 0.331 e. The molecule has 1 heterocycles. The predicted molar refractivity (Wildman–Crippen MR) is 140 cm³/mol. The van der Waals surface area contributed by atoms with Gasteiger partial charge in [0.15, 0.2) is 0 Å². The van der Waals surface area contributed by atoms with E-state index in [0.717, 1.165) is 22.3 Å². The number of benzene rings is 3. The Balaban J connectivity index is 1.82. The van der Waals surface area contributed by atoms with Crippen molar-refractivity contribution in [2.45, 2.75) is 33.0 Å². The molecule has 0 unspecified atom stereocenters. The average molecular weight is 506 g/mol. The lowest BCUT2D eigenvalue weighted by atomic mass is 10.0. The van der Waals surface area contributed by atoms with Crippen LogP contribution in [0.1, 0.15) is 29.8 Å². The molecule has 0 radical (unpaired) electrons. The maximum atomic E-state index is 14.5. The topological polar surface area (TPSA) is 65.3 Å². The first-order valence-corrected chi connectivity index (χ1v) is 12.0. The Morgan fingerprint density at radius 1 is 0.946 bits per heavy atom. The van der Waals surface area contributed by atoms with Gasteiger partial charge in [0.05, 0.1) is 25.3 Å². The molecule has 6 nitrogen and oxygen atoms in total. The van der Waals surface area contributed by atoms with Crippen molar-refractivity contribution in [3.05, 3.63) is 122 Å². The fourth-order valence-corrected chi connectivity index (χ4v) is 4.41. The van der Waals surface area contributed by atoms with E-state index in [4.69, 9.17) is 4.74 Å². The number of methoxy groups -OCH3 is 1. The minimum Gasteiger partial charge on any atom is -0.497 e. The summed E-state index contributed by atoms with van der Waals surface area (Å²) in [4.78, 5) is 27.4. The minimum atomic E-state index is -0.760. The largest absolute Gasteiger partial charge is 0.497 e. The van der Waals surface area contributed by atoms with Crippen LogP contribution in [0.15, 0.2) is 82.4 Å². The smallest absolute Gasteiger partial charge is 0.331 e. The summed E-state index contributed by atoms with van der Waals surface area (Å²) in [6.07, 6.45) is 0. The molecule has 192 valence electrons. The molecule has 0 saturated heterocycles. The van der Waals surface area contributed by atoms with Crippen molar-refractivity contribution in [1.82, 2.24) is 14.5 Å². The van der Waals surface area contributed by atoms with Crippen LogP contribution in [0.4, 0.5) is 8.78 Å². The fraction of sp³-hybridized carbons (Fsp3) is 0.241. The minimum absolute atomic E-state index is 0.246. The molecule has 0 aliphatic carbocycles. The predicted octanol–water partition coefficient (Wildman–Crippen LogP) is 4.67. The maximum absolute atomic E-state index is 14.5. The van der Waals surface area contributed by atoms with Gasteiger partial charge < -0.3 is 10.1 Å². The molecule has 0 amide bonds. The second kappa shape index (κ2) is 11.3. The van der Waals surface area contributed by atoms with Crippen molar-refractivity contribution < 1.29 is 13.5 Å². The molecule has 0 aliphatic heterocycles. The second-order valence-electron chi connectivity index (χ2n) is 8.90. The van der Waals surface area contributed by atoms with Gasteiger partial charge in [0.1, 0.15) is 17.4 Å². The molecule has 1 aromatic heterocycles. The molecule has 3 aromatic carbocycles. The lowest BCUT2D eigenvalue weighted by molar-refractivity contribution is 0.415. The van der Waals surface area contributed by atoms with Crippen LogP contribution in [-0.4, -0.2) is 22.8 Å². The van der Waals surface area contributed by atoms with E-state index < -0.39 is 28.9 Å². The van der Waals surface area contributed by atoms with E-state index in [1.165, 1.54) is 17.7 Å². The van der Waals surface area contributed by atoms with Gasteiger partial charge in [-0.3, -0.25) is 13.9 Å². The molecule has 1 N–H and O–H groups in total. The highest BCUT2D eigenvalue weighted by Gasteiger charge is 2.23. The average Bonchev–Trinajstić information content (AvgIpc) is 2.89. The molecule has 0 fully saturated rings. The van der Waals surface area contributed by atoms with Gasteiger partial charge in [-0.2, -0.15) is 0 Å². The molecule has 0 saturated carbocycles. The summed E-state index contributed by atoms with van der Waals surface area (Å²) >= 11 is 0. The highest BCUT2D eigenvalue weighted by molar-refractivity contribution is 5.66. The molecular formula is C29H29F2N3O3. The fourth-order valence-electron chi connectivity index (χ4n) is 4.41. The number of nitrogens with zero attached hydrogens (tertiary/aromatic N) is 2. The lowest BCUT2D eigenvalue weighted by Gasteiger charge is -2.22. The van der Waals surface area contributed by atoms with E-state index in [0.29, 0.717) is 30.1 Å². The van der Waals surface area contributed by atoms with E-state index in [-0.39, 0.29) is 17.7 Å².